The number of benzene rings is 2. The van der Waals surface area contributed by atoms with E-state index in [0.29, 0.717) is 36.8 Å². The van der Waals surface area contributed by atoms with Crippen LogP contribution in [0.4, 0.5) is 0 Å². The lowest BCUT2D eigenvalue weighted by Crippen LogP contribution is -2.53. The number of aromatic amines is 2. The Bertz CT molecular complexity index is 1830. The average Bonchev–Trinajstić information content (AvgIpc) is 3.75. The number of rotatable bonds is 2. The number of nitrogens with one attached hydrogen (secondary N) is 2. The smallest absolute Gasteiger partial charge is 0.311 e. The van der Waals surface area contributed by atoms with E-state index in [1.807, 2.05) is 0 Å². The van der Waals surface area contributed by atoms with Gasteiger partial charge in [-0.2, -0.15) is 0 Å². The normalized spacial score (nSPS) is 34.0. The van der Waals surface area contributed by atoms with E-state index in [-0.39, 0.29) is 35.6 Å². The second-order valence-electron chi connectivity index (χ2n) is 16.4. The maximum Gasteiger partial charge on any atom is 0.311 e. The zero-order valence-electron chi connectivity index (χ0n) is 30.3. The zero-order valence-corrected chi connectivity index (χ0v) is 30.3. The molecule has 4 aliphatic heterocycles. The number of hydrogen-bond donors (Lipinski definition) is 4. The van der Waals surface area contributed by atoms with E-state index in [2.05, 4.69) is 68.3 Å². The molecule has 4 aromatic rings. The Morgan fingerprint density at radius 3 is 1.50 bits per heavy atom. The molecule has 4 fully saturated rings. The summed E-state index contributed by atoms with van der Waals surface area (Å²) in [6, 6.07) is 17.7. The number of ether oxygens (including phenoxy) is 2. The predicted molar refractivity (Wildman–Crippen MR) is 197 cm³/mol. The molecular weight excluding hydrogens is 656 g/mol. The number of aliphatic hydroxyl groups is 2. The van der Waals surface area contributed by atoms with Gasteiger partial charge in [0.15, 0.2) is 0 Å². The summed E-state index contributed by atoms with van der Waals surface area (Å²) in [4.78, 5) is 37.2. The van der Waals surface area contributed by atoms with Crippen molar-refractivity contribution in [2.24, 2.45) is 35.5 Å². The minimum atomic E-state index is -0.568. The highest BCUT2D eigenvalue weighted by molar-refractivity contribution is 5.86. The first kappa shape index (κ1) is 34.1. The Hall–Kier alpha value is -3.70. The van der Waals surface area contributed by atoms with Crippen LogP contribution < -0.4 is 0 Å². The highest BCUT2D eigenvalue weighted by atomic mass is 16.5. The van der Waals surface area contributed by atoms with Gasteiger partial charge < -0.3 is 29.7 Å². The molecule has 10 atom stereocenters. The van der Waals surface area contributed by atoms with Gasteiger partial charge in [-0.15, -0.1) is 0 Å². The van der Waals surface area contributed by atoms with Crippen LogP contribution in [0.2, 0.25) is 0 Å². The summed E-state index contributed by atoms with van der Waals surface area (Å²) in [7, 11) is 2.87. The first-order valence-electron chi connectivity index (χ1n) is 19.5. The molecule has 4 N–H and O–H groups in total. The molecule has 2 saturated heterocycles. The van der Waals surface area contributed by atoms with Gasteiger partial charge in [-0.05, 0) is 98.3 Å². The van der Waals surface area contributed by atoms with Crippen molar-refractivity contribution >= 4 is 33.7 Å². The fourth-order valence-electron chi connectivity index (χ4n) is 11.6. The van der Waals surface area contributed by atoms with Crippen molar-refractivity contribution in [3.8, 4) is 0 Å². The van der Waals surface area contributed by atoms with Gasteiger partial charge in [0.2, 0.25) is 0 Å². The fraction of sp³-hybridized carbons (Fsp3) is 0.571. The molecule has 6 aliphatic rings. The van der Waals surface area contributed by atoms with Gasteiger partial charge in [0, 0.05) is 59.4 Å². The molecule has 2 aliphatic carbocycles. The fourth-order valence-corrected chi connectivity index (χ4v) is 11.6. The number of H-pyrrole nitrogens is 2. The van der Waals surface area contributed by atoms with Crippen molar-refractivity contribution in [1.29, 1.82) is 0 Å². The number of aliphatic hydroxyl groups excluding tert-OH is 2. The lowest BCUT2D eigenvalue weighted by atomic mass is 9.65. The molecule has 2 saturated carbocycles. The van der Waals surface area contributed by atoms with E-state index in [9.17, 15) is 19.8 Å². The minimum Gasteiger partial charge on any atom is -0.469 e. The second-order valence-corrected chi connectivity index (χ2v) is 16.4. The molecule has 2 aromatic heterocycles. The Morgan fingerprint density at radius 2 is 1.08 bits per heavy atom. The zero-order chi connectivity index (χ0) is 35.7. The number of piperidine rings is 2. The van der Waals surface area contributed by atoms with Crippen molar-refractivity contribution in [1.82, 2.24) is 19.8 Å². The lowest BCUT2D eigenvalue weighted by Gasteiger charge is -2.50. The third-order valence-corrected chi connectivity index (χ3v) is 14.0. The Labute approximate surface area is 304 Å². The van der Waals surface area contributed by atoms with Crippen LogP contribution in [-0.4, -0.2) is 94.5 Å². The maximum absolute atomic E-state index is 12.4. The van der Waals surface area contributed by atoms with Gasteiger partial charge in [-0.1, -0.05) is 36.4 Å². The van der Waals surface area contributed by atoms with Crippen LogP contribution in [0.25, 0.3) is 21.8 Å². The first-order chi connectivity index (χ1) is 25.3. The van der Waals surface area contributed by atoms with Crippen LogP contribution in [0.1, 0.15) is 73.1 Å². The van der Waals surface area contributed by atoms with Crippen LogP contribution in [0.5, 0.6) is 0 Å². The van der Waals surface area contributed by atoms with E-state index in [0.717, 1.165) is 64.7 Å². The molecule has 10 nitrogen and oxygen atoms in total. The third kappa shape index (κ3) is 5.60. The SMILES string of the molecule is COC(=O)[C@@H]1[C@H]2C[C@H]3c4[nH]c5ccccc5c4CCN3C[C@@H]2CC[C@@H]1O.COC(=O)[C@H]1[C@H]2C[C@H]3c4[nH]c5ccccc5c4CCN3C[C@H]2CC[C@@H]1O. The van der Waals surface area contributed by atoms with Gasteiger partial charge in [-0.25, -0.2) is 0 Å². The highest BCUT2D eigenvalue weighted by Crippen LogP contribution is 2.51. The summed E-state index contributed by atoms with van der Waals surface area (Å²) in [5.41, 5.74) is 7.92. The quantitative estimate of drug-likeness (QED) is 0.207. The molecule has 0 amide bonds. The summed E-state index contributed by atoms with van der Waals surface area (Å²) in [6.45, 7) is 4.19. The minimum absolute atomic E-state index is 0.199. The van der Waals surface area contributed by atoms with Crippen LogP contribution in [0.15, 0.2) is 48.5 Å². The monoisotopic (exact) mass is 708 g/mol. The van der Waals surface area contributed by atoms with Crippen molar-refractivity contribution in [3.05, 3.63) is 71.0 Å². The molecule has 2 aromatic carbocycles. The average molecular weight is 709 g/mol. The summed E-state index contributed by atoms with van der Waals surface area (Å²) in [6.07, 6.45) is 6.27. The number of aromatic nitrogens is 2. The number of methoxy groups -OCH3 is 2. The van der Waals surface area contributed by atoms with Gasteiger partial charge in [0.05, 0.1) is 50.3 Å². The molecule has 0 unspecified atom stereocenters. The molecule has 10 heteroatoms. The Morgan fingerprint density at radius 1 is 0.654 bits per heavy atom. The highest BCUT2D eigenvalue weighted by Gasteiger charge is 2.51. The molecule has 10 rings (SSSR count). The number of fused-ring (bicyclic) bond motifs is 12. The number of carbonyl (C=O) groups excluding carboxylic acids is 2. The van der Waals surface area contributed by atoms with Crippen molar-refractivity contribution in [2.75, 3.05) is 40.4 Å². The topological polar surface area (TPSA) is 131 Å². The summed E-state index contributed by atoms with van der Waals surface area (Å²) < 4.78 is 10.1. The van der Waals surface area contributed by atoms with Crippen LogP contribution in [-0.2, 0) is 31.9 Å². The van der Waals surface area contributed by atoms with E-state index >= 15 is 0 Å². The molecule has 52 heavy (non-hydrogen) atoms. The molecular formula is C42H52N4O6. The Balaban J connectivity index is 0.000000138. The second kappa shape index (κ2) is 13.6. The van der Waals surface area contributed by atoms with Gasteiger partial charge in [-0.3, -0.25) is 19.4 Å². The Kier molecular flexibility index (Phi) is 8.93. The van der Waals surface area contributed by atoms with E-state index in [1.54, 1.807) is 0 Å². The van der Waals surface area contributed by atoms with E-state index in [4.69, 9.17) is 9.47 Å². The summed E-state index contributed by atoms with van der Waals surface area (Å²) in [5, 5.41) is 23.6. The van der Waals surface area contributed by atoms with Gasteiger partial charge in [0.1, 0.15) is 0 Å². The predicted octanol–water partition coefficient (Wildman–Crippen LogP) is 5.29. The van der Waals surface area contributed by atoms with Crippen LogP contribution in [0, 0.1) is 35.5 Å². The standard InChI is InChI=1S/2C21H26N2O3/c2*1-26-21(25)19-15-10-17-20-14(13-4-2-3-5-16(13)22-20)8-9-23(17)11-12(15)6-7-18(19)24/h2*2-5,12,15,17-19,22,24H,6-11H2,1H3/t12-,15+,17+,18+,19+;12-,15-,17-,18-,19+/m10/s1. The molecule has 0 bridgehead atoms. The van der Waals surface area contributed by atoms with E-state index in [1.165, 1.54) is 58.5 Å². The number of para-hydroxylation sites is 2. The van der Waals surface area contributed by atoms with Crippen LogP contribution in [0.3, 0.4) is 0 Å². The van der Waals surface area contributed by atoms with Gasteiger partial charge in [0.25, 0.3) is 0 Å². The van der Waals surface area contributed by atoms with Gasteiger partial charge >= 0.3 is 11.9 Å². The summed E-state index contributed by atoms with van der Waals surface area (Å²) in [5.74, 6) is 0.108. The van der Waals surface area contributed by atoms with E-state index < -0.39 is 12.2 Å². The van der Waals surface area contributed by atoms with Crippen LogP contribution >= 0.6 is 0 Å². The number of hydrogen-bond acceptors (Lipinski definition) is 8. The molecule has 6 heterocycles. The maximum atomic E-state index is 12.4. The molecule has 0 radical (unpaired) electrons. The molecule has 276 valence electrons. The number of carbonyl (C=O) groups is 2. The third-order valence-electron chi connectivity index (χ3n) is 14.0. The van der Waals surface area contributed by atoms with Crippen molar-refractivity contribution in [2.45, 2.75) is 75.7 Å². The van der Waals surface area contributed by atoms with Crippen molar-refractivity contribution in [3.63, 3.8) is 0 Å². The number of esters is 2. The van der Waals surface area contributed by atoms with Crippen molar-refractivity contribution < 1.29 is 29.3 Å². The lowest BCUT2D eigenvalue weighted by molar-refractivity contribution is -0.161. The number of nitrogens with zero attached hydrogens (tertiary/aromatic N) is 2. The molecule has 0 spiro atoms. The first-order valence-corrected chi connectivity index (χ1v) is 19.5. The summed E-state index contributed by atoms with van der Waals surface area (Å²) >= 11 is 0. The largest absolute Gasteiger partial charge is 0.469 e.